The van der Waals surface area contributed by atoms with Crippen LogP contribution in [-0.4, -0.2) is 39.6 Å². The molecule has 1 fully saturated rings. The highest BCUT2D eigenvalue weighted by Crippen LogP contribution is 2.36. The summed E-state index contributed by atoms with van der Waals surface area (Å²) in [7, 11) is -1.54. The summed E-state index contributed by atoms with van der Waals surface area (Å²) >= 11 is 1.32. The van der Waals surface area contributed by atoms with E-state index >= 15 is 0 Å². The number of halogens is 2. The normalized spacial score (nSPS) is 17.7. The van der Waals surface area contributed by atoms with Gasteiger partial charge in [-0.1, -0.05) is 18.3 Å². The van der Waals surface area contributed by atoms with Gasteiger partial charge in [-0.2, -0.15) is 4.39 Å². The lowest BCUT2D eigenvalue weighted by Gasteiger charge is -2.24. The summed E-state index contributed by atoms with van der Waals surface area (Å²) < 4.78 is 48.3. The van der Waals surface area contributed by atoms with E-state index in [1.54, 1.807) is 19.2 Å². The van der Waals surface area contributed by atoms with E-state index in [1.807, 2.05) is 6.92 Å². The SMILES string of the molecule is C=C(C)S/C(=C(\C)Oc1ccc(NS(C)=O)c(F)c1F)c1ccnc(NC2CCCNC2)n1. The molecule has 1 saturated heterocycles. The number of aromatic nitrogens is 2. The number of nitrogens with zero attached hydrogens (tertiary/aromatic N) is 2. The molecule has 0 radical (unpaired) electrons. The third-order valence-corrected chi connectivity index (χ3v) is 6.23. The van der Waals surface area contributed by atoms with E-state index < -0.39 is 22.6 Å². The van der Waals surface area contributed by atoms with Gasteiger partial charge in [-0.25, -0.2) is 18.6 Å². The van der Waals surface area contributed by atoms with E-state index in [4.69, 9.17) is 4.74 Å². The summed E-state index contributed by atoms with van der Waals surface area (Å²) in [5.74, 6) is -1.84. The molecule has 1 aromatic carbocycles. The first-order chi connectivity index (χ1) is 15.7. The smallest absolute Gasteiger partial charge is 0.223 e. The summed E-state index contributed by atoms with van der Waals surface area (Å²) in [6.07, 6.45) is 5.06. The Morgan fingerprint density at radius 3 is 2.76 bits per heavy atom. The highest BCUT2D eigenvalue weighted by molar-refractivity contribution is 8.11. The topological polar surface area (TPSA) is 88.2 Å². The summed E-state index contributed by atoms with van der Waals surface area (Å²) in [5.41, 5.74) is 0.366. The van der Waals surface area contributed by atoms with Crippen LogP contribution in [0, 0.1) is 11.6 Å². The van der Waals surface area contributed by atoms with Crippen molar-refractivity contribution in [3.63, 3.8) is 0 Å². The van der Waals surface area contributed by atoms with Crippen molar-refractivity contribution in [3.05, 3.63) is 59.0 Å². The van der Waals surface area contributed by atoms with Crippen LogP contribution in [0.1, 0.15) is 32.4 Å². The first kappa shape index (κ1) is 25.1. The molecule has 1 aromatic heterocycles. The Bertz CT molecular complexity index is 1070. The van der Waals surface area contributed by atoms with Crippen molar-refractivity contribution in [1.29, 1.82) is 0 Å². The van der Waals surface area contributed by atoms with Crippen LogP contribution in [-0.2, 0) is 11.0 Å². The number of benzene rings is 1. The van der Waals surface area contributed by atoms with Gasteiger partial charge in [-0.05, 0) is 56.3 Å². The fraction of sp³-hybridized carbons (Fsp3) is 0.364. The van der Waals surface area contributed by atoms with Gasteiger partial charge in [0.1, 0.15) is 16.7 Å². The van der Waals surface area contributed by atoms with Crippen LogP contribution in [0.4, 0.5) is 20.4 Å². The van der Waals surface area contributed by atoms with Crippen molar-refractivity contribution in [2.45, 2.75) is 32.7 Å². The number of thioether (sulfide) groups is 1. The zero-order valence-corrected chi connectivity index (χ0v) is 20.3. The summed E-state index contributed by atoms with van der Waals surface area (Å²) in [5, 5.41) is 6.67. The van der Waals surface area contributed by atoms with Crippen LogP contribution in [0.15, 0.2) is 41.6 Å². The number of ether oxygens (including phenoxy) is 1. The third-order valence-electron chi connectivity index (χ3n) is 4.68. The lowest BCUT2D eigenvalue weighted by molar-refractivity contribution is 0.386. The Hall–Kier alpha value is -2.50. The van der Waals surface area contributed by atoms with E-state index in [2.05, 4.69) is 31.9 Å². The fourth-order valence-electron chi connectivity index (χ4n) is 3.25. The van der Waals surface area contributed by atoms with Crippen LogP contribution in [0.5, 0.6) is 5.75 Å². The number of piperidine rings is 1. The quantitative estimate of drug-likeness (QED) is 0.436. The minimum absolute atomic E-state index is 0.206. The van der Waals surface area contributed by atoms with Gasteiger partial charge in [0.05, 0.1) is 16.3 Å². The zero-order chi connectivity index (χ0) is 24.0. The maximum atomic E-state index is 14.6. The molecule has 2 atom stereocenters. The molecule has 2 heterocycles. The van der Waals surface area contributed by atoms with E-state index in [-0.39, 0.29) is 17.5 Å². The lowest BCUT2D eigenvalue weighted by atomic mass is 10.1. The van der Waals surface area contributed by atoms with Gasteiger partial charge in [-0.3, -0.25) is 0 Å². The molecule has 0 amide bonds. The highest BCUT2D eigenvalue weighted by Gasteiger charge is 2.19. The maximum absolute atomic E-state index is 14.6. The second-order valence-electron chi connectivity index (χ2n) is 7.54. The molecule has 2 aromatic rings. The average molecular weight is 496 g/mol. The van der Waals surface area contributed by atoms with Gasteiger partial charge < -0.3 is 20.1 Å². The molecule has 3 N–H and O–H groups in total. The molecule has 1 aliphatic rings. The van der Waals surface area contributed by atoms with Gasteiger partial charge in [0, 0.05) is 25.0 Å². The van der Waals surface area contributed by atoms with Crippen LogP contribution in [0.25, 0.3) is 4.91 Å². The van der Waals surface area contributed by atoms with Gasteiger partial charge in [0.2, 0.25) is 11.8 Å². The number of anilines is 2. The predicted molar refractivity (Wildman–Crippen MR) is 131 cm³/mol. The second-order valence-corrected chi connectivity index (χ2v) is 9.96. The molecule has 2 unspecified atom stereocenters. The van der Waals surface area contributed by atoms with Crippen molar-refractivity contribution in [3.8, 4) is 5.75 Å². The summed E-state index contributed by atoms with van der Waals surface area (Å²) in [6.45, 7) is 9.25. The van der Waals surface area contributed by atoms with Crippen molar-refractivity contribution < 1.29 is 17.7 Å². The van der Waals surface area contributed by atoms with Crippen LogP contribution >= 0.6 is 11.8 Å². The number of nitrogens with one attached hydrogen (secondary N) is 3. The predicted octanol–water partition coefficient (Wildman–Crippen LogP) is 4.66. The van der Waals surface area contributed by atoms with Crippen molar-refractivity contribution in [1.82, 2.24) is 15.3 Å². The Balaban J connectivity index is 1.89. The molecule has 0 saturated carbocycles. The van der Waals surface area contributed by atoms with E-state index in [0.717, 1.165) is 30.8 Å². The Morgan fingerprint density at radius 2 is 2.09 bits per heavy atom. The molecule has 7 nitrogen and oxygen atoms in total. The first-order valence-corrected chi connectivity index (χ1v) is 12.7. The Morgan fingerprint density at radius 1 is 1.30 bits per heavy atom. The Labute approximate surface area is 199 Å². The third kappa shape index (κ3) is 6.99. The number of hydrogen-bond acceptors (Lipinski definition) is 7. The Kier molecular flexibility index (Phi) is 8.81. The first-order valence-electron chi connectivity index (χ1n) is 10.4. The van der Waals surface area contributed by atoms with Crippen molar-refractivity contribution in [2.75, 3.05) is 29.4 Å². The van der Waals surface area contributed by atoms with Crippen LogP contribution in [0.3, 0.4) is 0 Å². The monoisotopic (exact) mass is 495 g/mol. The molecular weight excluding hydrogens is 468 g/mol. The molecule has 3 rings (SSSR count). The van der Waals surface area contributed by atoms with E-state index in [9.17, 15) is 13.0 Å². The van der Waals surface area contributed by atoms with Crippen molar-refractivity contribution in [2.24, 2.45) is 0 Å². The average Bonchev–Trinajstić information content (AvgIpc) is 2.77. The molecule has 178 valence electrons. The number of rotatable bonds is 9. The largest absolute Gasteiger partial charge is 0.458 e. The lowest BCUT2D eigenvalue weighted by Crippen LogP contribution is -2.38. The standard InChI is InChI=1S/C22H27F2N5O2S2/c1-13(2)32-21(17-9-11-26-22(28-17)27-15-6-5-10-25-12-15)14(3)31-18-8-7-16(29-33(4)30)19(23)20(18)24/h7-9,11,15,25,29H,1,5-6,10,12H2,2-4H3,(H,26,27,28)/b21-14+. The molecule has 0 bridgehead atoms. The molecule has 0 aliphatic carbocycles. The van der Waals surface area contributed by atoms with E-state index in [1.165, 1.54) is 30.2 Å². The van der Waals surface area contributed by atoms with Crippen molar-refractivity contribution >= 4 is 39.3 Å². The fourth-order valence-corrected chi connectivity index (χ4v) is 4.47. The molecule has 33 heavy (non-hydrogen) atoms. The van der Waals surface area contributed by atoms with Crippen LogP contribution in [0.2, 0.25) is 0 Å². The number of hydrogen-bond donors (Lipinski definition) is 3. The van der Waals surface area contributed by atoms with Gasteiger partial charge in [0.15, 0.2) is 11.6 Å². The van der Waals surface area contributed by atoms with Crippen LogP contribution < -0.4 is 20.1 Å². The van der Waals surface area contributed by atoms with Gasteiger partial charge in [-0.15, -0.1) is 0 Å². The summed E-state index contributed by atoms with van der Waals surface area (Å²) in [4.78, 5) is 10.3. The van der Waals surface area contributed by atoms with E-state index in [0.29, 0.717) is 22.3 Å². The molecule has 11 heteroatoms. The summed E-state index contributed by atoms with van der Waals surface area (Å²) in [6, 6.07) is 4.51. The second kappa shape index (κ2) is 11.6. The zero-order valence-electron chi connectivity index (χ0n) is 18.7. The highest BCUT2D eigenvalue weighted by atomic mass is 32.2. The minimum Gasteiger partial charge on any atom is -0.458 e. The minimum atomic E-state index is -1.54. The maximum Gasteiger partial charge on any atom is 0.223 e. The van der Waals surface area contributed by atoms with Gasteiger partial charge >= 0.3 is 0 Å². The molecule has 0 spiro atoms. The molecular formula is C22H27F2N5O2S2. The molecule has 1 aliphatic heterocycles. The number of allylic oxidation sites excluding steroid dienone is 2. The van der Waals surface area contributed by atoms with Gasteiger partial charge in [0.25, 0.3) is 0 Å².